The zero-order valence-corrected chi connectivity index (χ0v) is 15.2. The summed E-state index contributed by atoms with van der Waals surface area (Å²) in [6.45, 7) is 6.03. The minimum atomic E-state index is -0.0630. The number of carbonyl (C=O) groups is 1. The molecule has 25 heavy (non-hydrogen) atoms. The van der Waals surface area contributed by atoms with Crippen LogP contribution in [0.4, 0.5) is 0 Å². The molecule has 3 nitrogen and oxygen atoms in total. The highest BCUT2D eigenvalue weighted by Gasteiger charge is 2.29. The SMILES string of the molecule is CCC1CCCC(C)C(=O)/C(c2cc(-c3ccoc3)ccc2C)=C\1O. The van der Waals surface area contributed by atoms with E-state index in [1.54, 1.807) is 12.5 Å². The number of ketones is 1. The fraction of sp³-hybridized carbons (Fsp3) is 0.409. The van der Waals surface area contributed by atoms with E-state index in [2.05, 4.69) is 6.92 Å². The van der Waals surface area contributed by atoms with Crippen molar-refractivity contribution in [3.05, 3.63) is 53.7 Å². The van der Waals surface area contributed by atoms with Gasteiger partial charge < -0.3 is 9.52 Å². The lowest BCUT2D eigenvalue weighted by molar-refractivity contribution is -0.117. The Kier molecular flexibility index (Phi) is 5.12. The lowest BCUT2D eigenvalue weighted by Crippen LogP contribution is -2.21. The van der Waals surface area contributed by atoms with Crippen molar-refractivity contribution < 1.29 is 14.3 Å². The smallest absolute Gasteiger partial charge is 0.169 e. The summed E-state index contributed by atoms with van der Waals surface area (Å²) in [5, 5.41) is 11.0. The molecule has 1 N–H and O–H groups in total. The van der Waals surface area contributed by atoms with Crippen LogP contribution in [-0.2, 0) is 4.79 Å². The minimum absolute atomic E-state index is 0.0584. The fourth-order valence-electron chi connectivity index (χ4n) is 3.68. The molecule has 132 valence electrons. The van der Waals surface area contributed by atoms with Crippen molar-refractivity contribution in [2.75, 3.05) is 0 Å². The Morgan fingerprint density at radius 3 is 2.68 bits per heavy atom. The summed E-state index contributed by atoms with van der Waals surface area (Å²) in [5.41, 5.74) is 4.32. The highest BCUT2D eigenvalue weighted by molar-refractivity contribution is 6.22. The van der Waals surface area contributed by atoms with Crippen molar-refractivity contribution in [1.82, 2.24) is 0 Å². The molecule has 1 aromatic heterocycles. The molecule has 1 aliphatic carbocycles. The summed E-state index contributed by atoms with van der Waals surface area (Å²) in [5.74, 6) is 0.324. The van der Waals surface area contributed by atoms with E-state index in [0.717, 1.165) is 47.9 Å². The number of rotatable bonds is 3. The largest absolute Gasteiger partial charge is 0.511 e. The highest BCUT2D eigenvalue weighted by atomic mass is 16.3. The molecule has 0 fully saturated rings. The number of aryl methyl sites for hydroxylation is 1. The standard InChI is InChI=1S/C22H26O3/c1-4-16-7-5-6-15(3)21(23)20(22(16)24)19-12-17(9-8-14(19)2)18-10-11-25-13-18/h8-13,15-16,24H,4-7H2,1-3H3/b22-20+. The molecule has 3 heteroatoms. The lowest BCUT2D eigenvalue weighted by atomic mass is 9.80. The minimum Gasteiger partial charge on any atom is -0.511 e. The monoisotopic (exact) mass is 338 g/mol. The second kappa shape index (κ2) is 7.30. The van der Waals surface area contributed by atoms with Gasteiger partial charge in [0, 0.05) is 17.4 Å². The molecule has 0 bridgehead atoms. The summed E-state index contributed by atoms with van der Waals surface area (Å²) in [6, 6.07) is 7.94. The van der Waals surface area contributed by atoms with Gasteiger partial charge in [-0.3, -0.25) is 4.79 Å². The normalized spacial score (nSPS) is 24.8. The maximum atomic E-state index is 13.1. The Morgan fingerprint density at radius 1 is 1.20 bits per heavy atom. The van der Waals surface area contributed by atoms with E-state index in [1.165, 1.54) is 0 Å². The Labute approximate surface area is 149 Å². The van der Waals surface area contributed by atoms with E-state index in [4.69, 9.17) is 4.42 Å². The Bertz CT molecular complexity index is 784. The van der Waals surface area contributed by atoms with Gasteiger partial charge in [-0.05, 0) is 55.0 Å². The van der Waals surface area contributed by atoms with Gasteiger partial charge in [0.25, 0.3) is 0 Å². The third kappa shape index (κ3) is 3.41. The predicted molar refractivity (Wildman–Crippen MR) is 100 cm³/mol. The second-order valence-electron chi connectivity index (χ2n) is 7.10. The Balaban J connectivity index is 2.17. The first-order chi connectivity index (χ1) is 12.0. The Hall–Kier alpha value is -2.29. The molecule has 3 rings (SSSR count). The third-order valence-corrected chi connectivity index (χ3v) is 5.38. The van der Waals surface area contributed by atoms with Gasteiger partial charge in [0.2, 0.25) is 0 Å². The van der Waals surface area contributed by atoms with Crippen LogP contribution in [-0.4, -0.2) is 10.9 Å². The van der Waals surface area contributed by atoms with E-state index in [9.17, 15) is 9.90 Å². The summed E-state index contributed by atoms with van der Waals surface area (Å²) < 4.78 is 5.19. The number of aliphatic hydroxyl groups is 1. The topological polar surface area (TPSA) is 50.4 Å². The van der Waals surface area contributed by atoms with Crippen LogP contribution in [0.3, 0.4) is 0 Å². The van der Waals surface area contributed by atoms with E-state index in [-0.39, 0.29) is 23.4 Å². The maximum absolute atomic E-state index is 13.1. The quantitative estimate of drug-likeness (QED) is 0.753. The van der Waals surface area contributed by atoms with E-state index in [0.29, 0.717) is 5.57 Å². The summed E-state index contributed by atoms with van der Waals surface area (Å²) >= 11 is 0. The van der Waals surface area contributed by atoms with Gasteiger partial charge in [0.1, 0.15) is 5.76 Å². The van der Waals surface area contributed by atoms with Gasteiger partial charge >= 0.3 is 0 Å². The van der Waals surface area contributed by atoms with Crippen LogP contribution in [0.5, 0.6) is 0 Å². The molecule has 0 saturated carbocycles. The first-order valence-electron chi connectivity index (χ1n) is 9.13. The van der Waals surface area contributed by atoms with Crippen LogP contribution in [0.25, 0.3) is 16.7 Å². The number of hydrogen-bond donors (Lipinski definition) is 1. The van der Waals surface area contributed by atoms with Gasteiger partial charge in [-0.2, -0.15) is 0 Å². The summed E-state index contributed by atoms with van der Waals surface area (Å²) in [7, 11) is 0. The predicted octanol–water partition coefficient (Wildman–Crippen LogP) is 5.94. The molecule has 0 radical (unpaired) electrons. The van der Waals surface area contributed by atoms with Crippen LogP contribution in [0.2, 0.25) is 0 Å². The average molecular weight is 338 g/mol. The van der Waals surface area contributed by atoms with Gasteiger partial charge in [0.15, 0.2) is 5.78 Å². The molecule has 0 saturated heterocycles. The first-order valence-corrected chi connectivity index (χ1v) is 9.13. The lowest BCUT2D eigenvalue weighted by Gasteiger charge is -2.25. The molecule has 2 atom stereocenters. The van der Waals surface area contributed by atoms with Gasteiger partial charge in [-0.1, -0.05) is 32.4 Å². The summed E-state index contributed by atoms with van der Waals surface area (Å²) in [6.07, 6.45) is 6.98. The molecule has 0 aliphatic heterocycles. The van der Waals surface area contributed by atoms with Crippen molar-refractivity contribution in [2.45, 2.75) is 46.5 Å². The molecular weight excluding hydrogens is 312 g/mol. The van der Waals surface area contributed by atoms with Gasteiger partial charge in [0.05, 0.1) is 18.1 Å². The molecular formula is C22H26O3. The Morgan fingerprint density at radius 2 is 2.00 bits per heavy atom. The second-order valence-corrected chi connectivity index (χ2v) is 7.10. The van der Waals surface area contributed by atoms with E-state index in [1.807, 2.05) is 38.1 Å². The van der Waals surface area contributed by atoms with Crippen LogP contribution in [0.1, 0.15) is 50.7 Å². The van der Waals surface area contributed by atoms with Crippen molar-refractivity contribution in [3.8, 4) is 11.1 Å². The number of aliphatic hydroxyl groups excluding tert-OH is 1. The number of furan rings is 1. The molecule has 2 unspecified atom stereocenters. The number of benzene rings is 1. The molecule has 1 aromatic carbocycles. The fourth-order valence-corrected chi connectivity index (χ4v) is 3.68. The molecule has 0 spiro atoms. The van der Waals surface area contributed by atoms with Crippen LogP contribution in [0, 0.1) is 18.8 Å². The van der Waals surface area contributed by atoms with E-state index >= 15 is 0 Å². The average Bonchev–Trinajstić information content (AvgIpc) is 3.13. The van der Waals surface area contributed by atoms with Gasteiger partial charge in [-0.15, -0.1) is 0 Å². The molecule has 1 heterocycles. The third-order valence-electron chi connectivity index (χ3n) is 5.38. The number of hydrogen-bond acceptors (Lipinski definition) is 3. The highest BCUT2D eigenvalue weighted by Crippen LogP contribution is 2.36. The van der Waals surface area contributed by atoms with Crippen molar-refractivity contribution in [2.24, 2.45) is 11.8 Å². The van der Waals surface area contributed by atoms with Crippen LogP contribution >= 0.6 is 0 Å². The van der Waals surface area contributed by atoms with Crippen molar-refractivity contribution >= 4 is 11.4 Å². The molecule has 2 aromatic rings. The maximum Gasteiger partial charge on any atom is 0.169 e. The summed E-state index contributed by atoms with van der Waals surface area (Å²) in [4.78, 5) is 13.1. The molecule has 0 amide bonds. The van der Waals surface area contributed by atoms with Crippen LogP contribution < -0.4 is 0 Å². The van der Waals surface area contributed by atoms with Crippen molar-refractivity contribution in [1.29, 1.82) is 0 Å². The zero-order valence-electron chi connectivity index (χ0n) is 15.2. The van der Waals surface area contributed by atoms with E-state index < -0.39 is 0 Å². The molecule has 1 aliphatic rings. The number of allylic oxidation sites excluding steroid dienone is 2. The van der Waals surface area contributed by atoms with Crippen LogP contribution in [0.15, 0.2) is 47.0 Å². The van der Waals surface area contributed by atoms with Gasteiger partial charge in [-0.25, -0.2) is 0 Å². The number of Topliss-reactive ketones (excluding diaryl/α,β-unsaturated/α-hetero) is 1. The zero-order chi connectivity index (χ0) is 18.0. The number of carbonyl (C=O) groups excluding carboxylic acids is 1. The first kappa shape index (κ1) is 17.5. The van der Waals surface area contributed by atoms with Crippen molar-refractivity contribution in [3.63, 3.8) is 0 Å².